The molecule has 2 heterocycles. The van der Waals surface area contributed by atoms with E-state index in [2.05, 4.69) is 26.1 Å². The zero-order valence-corrected chi connectivity index (χ0v) is 16.8. The number of imide groups is 1. The predicted molar refractivity (Wildman–Crippen MR) is 93.2 cm³/mol. The largest absolute Gasteiger partial charge is 0.407 e. The third kappa shape index (κ3) is 3.90. The van der Waals surface area contributed by atoms with Gasteiger partial charge in [-0.3, -0.25) is 15.0 Å². The van der Waals surface area contributed by atoms with Gasteiger partial charge in [0, 0.05) is 6.54 Å². The summed E-state index contributed by atoms with van der Waals surface area (Å²) in [6, 6.07) is -0.567. The molecule has 9 heteroatoms. The third-order valence-corrected chi connectivity index (χ3v) is 9.92. The first-order valence-corrected chi connectivity index (χ1v) is 11.5. The molecule has 0 radical (unpaired) electrons. The summed E-state index contributed by atoms with van der Waals surface area (Å²) in [6.45, 7) is 11.8. The van der Waals surface area contributed by atoms with Gasteiger partial charge in [0.2, 0.25) is 5.91 Å². The average molecular weight is 375 g/mol. The number of amides is 3. The van der Waals surface area contributed by atoms with Crippen molar-refractivity contribution in [1.29, 1.82) is 0 Å². The van der Waals surface area contributed by atoms with E-state index in [4.69, 9.17) is 9.16 Å². The fraction of sp³-hybridized carbons (Fsp3) is 0.875. The molecule has 3 amide bonds. The molecule has 0 bridgehead atoms. The van der Waals surface area contributed by atoms with Gasteiger partial charge < -0.3 is 19.4 Å². The van der Waals surface area contributed by atoms with E-state index in [-0.39, 0.29) is 30.0 Å². The van der Waals surface area contributed by atoms with E-state index in [9.17, 15) is 19.8 Å². The quantitative estimate of drug-likeness (QED) is 0.623. The van der Waals surface area contributed by atoms with Crippen LogP contribution in [-0.4, -0.2) is 73.1 Å². The molecular formula is C16H30N2O6Si. The molecule has 2 aliphatic heterocycles. The summed E-state index contributed by atoms with van der Waals surface area (Å²) in [5, 5.41) is 22.3. The summed E-state index contributed by atoms with van der Waals surface area (Å²) in [4.78, 5) is 25.3. The number of carbonyl (C=O) groups excluding carboxylic acids is 2. The lowest BCUT2D eigenvalue weighted by atomic mass is 10.1. The minimum atomic E-state index is -2.26. The summed E-state index contributed by atoms with van der Waals surface area (Å²) in [5.41, 5.74) is 0. The molecule has 2 rings (SSSR count). The van der Waals surface area contributed by atoms with Gasteiger partial charge in [-0.2, -0.15) is 0 Å². The Hall–Kier alpha value is -1.00. The molecule has 0 saturated carbocycles. The maximum atomic E-state index is 12.3. The Labute approximate surface area is 149 Å². The summed E-state index contributed by atoms with van der Waals surface area (Å²) >= 11 is 0. The third-order valence-electron chi connectivity index (χ3n) is 5.45. The van der Waals surface area contributed by atoms with Gasteiger partial charge in [0.25, 0.3) is 0 Å². The van der Waals surface area contributed by atoms with Crippen molar-refractivity contribution >= 4 is 20.3 Å². The van der Waals surface area contributed by atoms with Crippen LogP contribution in [0.2, 0.25) is 18.1 Å². The molecular weight excluding hydrogens is 344 g/mol. The second-order valence-electron chi connectivity index (χ2n) is 8.43. The summed E-state index contributed by atoms with van der Waals surface area (Å²) in [7, 11) is -2.26. The summed E-state index contributed by atoms with van der Waals surface area (Å²) in [6.07, 6.45) is -3.51. The van der Waals surface area contributed by atoms with Crippen molar-refractivity contribution in [3.63, 3.8) is 0 Å². The van der Waals surface area contributed by atoms with Crippen molar-refractivity contribution < 1.29 is 29.0 Å². The molecule has 0 aromatic carbocycles. The summed E-state index contributed by atoms with van der Waals surface area (Å²) < 4.78 is 12.1. The number of nitrogens with one attached hydrogen (secondary N) is 1. The molecule has 2 fully saturated rings. The number of aliphatic hydroxyl groups is 2. The molecule has 25 heavy (non-hydrogen) atoms. The van der Waals surface area contributed by atoms with Crippen molar-refractivity contribution in [2.24, 2.45) is 5.92 Å². The SMILES string of the molecule is CC1CN([C@@H]2O[C@H](CO)[C@@H](O)[C@H]2O[Si](C)(C)C(C)(C)C)C(=O)NC1=O. The van der Waals surface area contributed by atoms with E-state index in [1.165, 1.54) is 4.90 Å². The zero-order chi connectivity index (χ0) is 19.2. The Morgan fingerprint density at radius 2 is 1.96 bits per heavy atom. The Kier molecular flexibility index (Phi) is 5.65. The highest BCUT2D eigenvalue weighted by atomic mass is 28.4. The molecule has 0 spiro atoms. The lowest BCUT2D eigenvalue weighted by molar-refractivity contribution is -0.130. The van der Waals surface area contributed by atoms with E-state index < -0.39 is 38.9 Å². The number of carbonyl (C=O) groups is 2. The van der Waals surface area contributed by atoms with Crippen LogP contribution < -0.4 is 5.32 Å². The number of hydrogen-bond donors (Lipinski definition) is 3. The molecule has 0 aromatic heterocycles. The lowest BCUT2D eigenvalue weighted by Gasteiger charge is -2.42. The van der Waals surface area contributed by atoms with Crippen molar-refractivity contribution in [2.45, 2.75) is 70.4 Å². The number of urea groups is 1. The molecule has 8 nitrogen and oxygen atoms in total. The Morgan fingerprint density at radius 3 is 2.48 bits per heavy atom. The number of ether oxygens (including phenoxy) is 1. The van der Waals surface area contributed by atoms with Crippen LogP contribution in [0.5, 0.6) is 0 Å². The minimum Gasteiger partial charge on any atom is -0.407 e. The predicted octanol–water partition coefficient (Wildman–Crippen LogP) is 0.643. The molecule has 2 saturated heterocycles. The zero-order valence-electron chi connectivity index (χ0n) is 15.8. The molecule has 3 N–H and O–H groups in total. The van der Waals surface area contributed by atoms with E-state index in [0.717, 1.165) is 0 Å². The molecule has 5 atom stereocenters. The van der Waals surface area contributed by atoms with Crippen molar-refractivity contribution in [2.75, 3.05) is 13.2 Å². The fourth-order valence-corrected chi connectivity index (χ4v) is 4.03. The highest BCUT2D eigenvalue weighted by Gasteiger charge is 2.53. The number of hydrogen-bond acceptors (Lipinski definition) is 6. The van der Waals surface area contributed by atoms with E-state index in [1.54, 1.807) is 6.92 Å². The molecule has 1 unspecified atom stereocenters. The van der Waals surface area contributed by atoms with Crippen LogP contribution in [0.25, 0.3) is 0 Å². The van der Waals surface area contributed by atoms with Crippen LogP contribution in [0.1, 0.15) is 27.7 Å². The average Bonchev–Trinajstić information content (AvgIpc) is 2.78. The van der Waals surface area contributed by atoms with Crippen molar-refractivity contribution in [3.8, 4) is 0 Å². The van der Waals surface area contributed by atoms with Gasteiger partial charge in [-0.05, 0) is 18.1 Å². The van der Waals surface area contributed by atoms with Crippen LogP contribution >= 0.6 is 0 Å². The van der Waals surface area contributed by atoms with Gasteiger partial charge in [-0.25, -0.2) is 4.79 Å². The monoisotopic (exact) mass is 374 g/mol. The molecule has 2 aliphatic rings. The van der Waals surface area contributed by atoms with Crippen molar-refractivity contribution in [3.05, 3.63) is 0 Å². The second-order valence-corrected chi connectivity index (χ2v) is 13.2. The van der Waals surface area contributed by atoms with Crippen molar-refractivity contribution in [1.82, 2.24) is 10.2 Å². The maximum Gasteiger partial charge on any atom is 0.326 e. The Balaban J connectivity index is 2.28. The highest BCUT2D eigenvalue weighted by molar-refractivity contribution is 6.74. The van der Waals surface area contributed by atoms with Gasteiger partial charge in [0.05, 0.1) is 12.5 Å². The fourth-order valence-electron chi connectivity index (χ4n) is 2.74. The highest BCUT2D eigenvalue weighted by Crippen LogP contribution is 2.40. The van der Waals surface area contributed by atoms with E-state index in [0.29, 0.717) is 0 Å². The number of rotatable bonds is 4. The summed E-state index contributed by atoms with van der Waals surface area (Å²) in [5.74, 6) is -0.722. The molecule has 144 valence electrons. The van der Waals surface area contributed by atoms with Crippen LogP contribution in [0.3, 0.4) is 0 Å². The first-order valence-electron chi connectivity index (χ1n) is 8.62. The topological polar surface area (TPSA) is 108 Å². The van der Waals surface area contributed by atoms with Gasteiger partial charge in [-0.15, -0.1) is 0 Å². The Morgan fingerprint density at radius 1 is 1.36 bits per heavy atom. The molecule has 0 aliphatic carbocycles. The minimum absolute atomic E-state index is 0.0953. The smallest absolute Gasteiger partial charge is 0.326 e. The normalized spacial score (nSPS) is 34.4. The van der Waals surface area contributed by atoms with Gasteiger partial charge in [0.15, 0.2) is 14.5 Å². The van der Waals surface area contributed by atoms with Gasteiger partial charge >= 0.3 is 6.03 Å². The first-order chi connectivity index (χ1) is 11.4. The van der Waals surface area contributed by atoms with E-state index in [1.807, 2.05) is 13.1 Å². The number of nitrogens with zero attached hydrogens (tertiary/aromatic N) is 1. The Bertz CT molecular complexity index is 535. The second kappa shape index (κ2) is 6.96. The molecule has 0 aromatic rings. The van der Waals surface area contributed by atoms with Crippen LogP contribution in [0, 0.1) is 5.92 Å². The lowest BCUT2D eigenvalue weighted by Crippen LogP contribution is -2.61. The van der Waals surface area contributed by atoms with Gasteiger partial charge in [0.1, 0.15) is 18.3 Å². The van der Waals surface area contributed by atoms with Crippen LogP contribution in [-0.2, 0) is 14.0 Å². The first kappa shape index (κ1) is 20.3. The maximum absolute atomic E-state index is 12.3. The van der Waals surface area contributed by atoms with E-state index >= 15 is 0 Å². The van der Waals surface area contributed by atoms with Gasteiger partial charge in [-0.1, -0.05) is 27.7 Å². The standard InChI is InChI=1S/C16H30N2O6Si/c1-9-7-18(15(22)17-13(9)21)14-12(11(20)10(8-19)23-14)24-25(5,6)16(2,3)4/h9-12,14,19-20H,7-8H2,1-6H3,(H,17,21,22)/t9?,10-,11-,12-,14-/m1/s1. The van der Waals surface area contributed by atoms with Crippen LogP contribution in [0.4, 0.5) is 4.79 Å². The number of aliphatic hydroxyl groups excluding tert-OH is 2. The van der Waals surface area contributed by atoms with Crippen LogP contribution in [0.15, 0.2) is 0 Å².